The maximum absolute atomic E-state index is 5.89. The number of nitrogens with zero attached hydrogens (tertiary/aromatic N) is 1. The Kier molecular flexibility index (Phi) is 4.93. The van der Waals surface area contributed by atoms with Crippen LogP contribution in [0, 0.1) is 6.92 Å². The zero-order chi connectivity index (χ0) is 13.7. The Bertz CT molecular complexity index is 558. The molecule has 1 aromatic carbocycles. The van der Waals surface area contributed by atoms with E-state index in [0.717, 1.165) is 33.6 Å². The van der Waals surface area contributed by atoms with E-state index in [-0.39, 0.29) is 0 Å². The fourth-order valence-corrected chi connectivity index (χ4v) is 2.24. The van der Waals surface area contributed by atoms with Gasteiger partial charge in [-0.25, -0.2) is 0 Å². The third-order valence-corrected chi connectivity index (χ3v) is 3.37. The highest BCUT2D eigenvalue weighted by Gasteiger charge is 2.06. The fourth-order valence-electron chi connectivity index (χ4n) is 1.83. The van der Waals surface area contributed by atoms with Crippen molar-refractivity contribution in [3.8, 4) is 5.75 Å². The zero-order valence-electron chi connectivity index (χ0n) is 11.1. The van der Waals surface area contributed by atoms with Crippen molar-refractivity contribution in [1.82, 2.24) is 10.3 Å². The average Bonchev–Trinajstić information content (AvgIpc) is 2.40. The summed E-state index contributed by atoms with van der Waals surface area (Å²) in [6, 6.07) is 10.0. The first-order valence-corrected chi connectivity index (χ1v) is 6.96. The molecule has 2 rings (SSSR count). The van der Waals surface area contributed by atoms with Gasteiger partial charge >= 0.3 is 0 Å². The maximum atomic E-state index is 5.89. The van der Waals surface area contributed by atoms with Crippen LogP contribution >= 0.6 is 15.9 Å². The van der Waals surface area contributed by atoms with E-state index < -0.39 is 0 Å². The largest absolute Gasteiger partial charge is 0.487 e. The number of pyridine rings is 1. The third-order valence-electron chi connectivity index (χ3n) is 2.87. The molecule has 0 fully saturated rings. The van der Waals surface area contributed by atoms with Crippen LogP contribution in [-0.2, 0) is 13.2 Å². The lowest BCUT2D eigenvalue weighted by Crippen LogP contribution is -2.08. The molecule has 100 valence electrons. The van der Waals surface area contributed by atoms with Gasteiger partial charge in [0.1, 0.15) is 12.4 Å². The van der Waals surface area contributed by atoms with Gasteiger partial charge < -0.3 is 10.1 Å². The maximum Gasteiger partial charge on any atom is 0.130 e. The fraction of sp³-hybridized carbons (Fsp3) is 0.267. The van der Waals surface area contributed by atoms with E-state index in [1.165, 1.54) is 0 Å². The minimum atomic E-state index is 0.491. The standard InChI is InChI=1S/C15H17BrN2O/c1-11-4-3-7-18-14(11)10-19-15-6-5-13(16)8-12(15)9-17-2/h3-8,17H,9-10H2,1-2H3. The molecule has 0 aliphatic rings. The third kappa shape index (κ3) is 3.78. The minimum Gasteiger partial charge on any atom is -0.487 e. The summed E-state index contributed by atoms with van der Waals surface area (Å²) in [6.07, 6.45) is 1.79. The van der Waals surface area contributed by atoms with Gasteiger partial charge in [-0.15, -0.1) is 0 Å². The van der Waals surface area contributed by atoms with Crippen LogP contribution in [0.3, 0.4) is 0 Å². The zero-order valence-corrected chi connectivity index (χ0v) is 12.7. The monoisotopic (exact) mass is 320 g/mol. The van der Waals surface area contributed by atoms with E-state index in [1.807, 2.05) is 38.2 Å². The van der Waals surface area contributed by atoms with Gasteiger partial charge in [0.25, 0.3) is 0 Å². The van der Waals surface area contributed by atoms with E-state index in [2.05, 4.69) is 32.3 Å². The minimum absolute atomic E-state index is 0.491. The molecule has 4 heteroatoms. The van der Waals surface area contributed by atoms with Gasteiger partial charge in [-0.05, 0) is 43.8 Å². The smallest absolute Gasteiger partial charge is 0.130 e. The molecule has 0 amide bonds. The Morgan fingerprint density at radius 2 is 2.16 bits per heavy atom. The van der Waals surface area contributed by atoms with Gasteiger partial charge in [0.2, 0.25) is 0 Å². The van der Waals surface area contributed by atoms with Crippen molar-refractivity contribution in [2.24, 2.45) is 0 Å². The molecule has 3 nitrogen and oxygen atoms in total. The van der Waals surface area contributed by atoms with E-state index >= 15 is 0 Å². The van der Waals surface area contributed by atoms with E-state index in [9.17, 15) is 0 Å². The summed E-state index contributed by atoms with van der Waals surface area (Å²) in [5.41, 5.74) is 3.25. The number of halogens is 1. The summed E-state index contributed by atoms with van der Waals surface area (Å²) in [6.45, 7) is 3.31. The first kappa shape index (κ1) is 14.0. The molecule has 19 heavy (non-hydrogen) atoms. The van der Waals surface area contributed by atoms with Crippen molar-refractivity contribution in [2.45, 2.75) is 20.1 Å². The molecule has 0 atom stereocenters. The highest BCUT2D eigenvalue weighted by atomic mass is 79.9. The summed E-state index contributed by atoms with van der Waals surface area (Å²) >= 11 is 3.48. The van der Waals surface area contributed by atoms with Crippen LogP contribution in [0.15, 0.2) is 41.0 Å². The Hall–Kier alpha value is -1.39. The highest BCUT2D eigenvalue weighted by Crippen LogP contribution is 2.24. The Morgan fingerprint density at radius 3 is 2.89 bits per heavy atom. The normalized spacial score (nSPS) is 10.5. The van der Waals surface area contributed by atoms with Crippen LogP contribution in [0.4, 0.5) is 0 Å². The molecule has 0 unspecified atom stereocenters. The number of aromatic nitrogens is 1. The number of aryl methyl sites for hydroxylation is 1. The summed E-state index contributed by atoms with van der Waals surface area (Å²) in [5.74, 6) is 0.891. The van der Waals surface area contributed by atoms with E-state index in [4.69, 9.17) is 4.74 Å². The molecular weight excluding hydrogens is 304 g/mol. The van der Waals surface area contributed by atoms with Gasteiger partial charge in [0, 0.05) is 22.8 Å². The van der Waals surface area contributed by atoms with Crippen molar-refractivity contribution in [3.05, 3.63) is 57.8 Å². The van der Waals surface area contributed by atoms with Crippen molar-refractivity contribution in [1.29, 1.82) is 0 Å². The first-order valence-electron chi connectivity index (χ1n) is 6.17. The second-order valence-corrected chi connectivity index (χ2v) is 5.25. The van der Waals surface area contributed by atoms with Crippen LogP contribution in [0.1, 0.15) is 16.8 Å². The van der Waals surface area contributed by atoms with Gasteiger partial charge in [0.15, 0.2) is 0 Å². The molecule has 0 bridgehead atoms. The predicted molar refractivity (Wildman–Crippen MR) is 80.2 cm³/mol. The number of hydrogen-bond acceptors (Lipinski definition) is 3. The Labute approximate surface area is 122 Å². The number of benzene rings is 1. The molecule has 0 aliphatic heterocycles. The number of hydrogen-bond donors (Lipinski definition) is 1. The molecule has 1 aromatic heterocycles. The van der Waals surface area contributed by atoms with Crippen LogP contribution in [0.25, 0.3) is 0 Å². The molecule has 0 aliphatic carbocycles. The highest BCUT2D eigenvalue weighted by molar-refractivity contribution is 9.10. The average molecular weight is 321 g/mol. The van der Waals surface area contributed by atoms with E-state index in [1.54, 1.807) is 6.20 Å². The molecule has 0 radical (unpaired) electrons. The lowest BCUT2D eigenvalue weighted by atomic mass is 10.2. The predicted octanol–water partition coefficient (Wildman–Crippen LogP) is 3.45. The van der Waals surface area contributed by atoms with Crippen LogP contribution < -0.4 is 10.1 Å². The number of nitrogens with one attached hydrogen (secondary N) is 1. The number of rotatable bonds is 5. The van der Waals surface area contributed by atoms with Gasteiger partial charge in [-0.1, -0.05) is 22.0 Å². The summed E-state index contributed by atoms with van der Waals surface area (Å²) in [4.78, 5) is 4.34. The molecule has 1 N–H and O–H groups in total. The van der Waals surface area contributed by atoms with Crippen molar-refractivity contribution in [2.75, 3.05) is 7.05 Å². The Morgan fingerprint density at radius 1 is 1.32 bits per heavy atom. The summed E-state index contributed by atoms with van der Waals surface area (Å²) in [5, 5.41) is 3.14. The molecule has 0 spiro atoms. The van der Waals surface area contributed by atoms with Gasteiger partial charge in [-0.3, -0.25) is 4.98 Å². The lowest BCUT2D eigenvalue weighted by molar-refractivity contribution is 0.296. The topological polar surface area (TPSA) is 34.1 Å². The van der Waals surface area contributed by atoms with Gasteiger partial charge in [0.05, 0.1) is 5.69 Å². The molecule has 0 saturated carbocycles. The molecule has 2 aromatic rings. The second-order valence-electron chi connectivity index (χ2n) is 4.34. The quantitative estimate of drug-likeness (QED) is 0.916. The van der Waals surface area contributed by atoms with Crippen LogP contribution in [-0.4, -0.2) is 12.0 Å². The summed E-state index contributed by atoms with van der Waals surface area (Å²) in [7, 11) is 1.92. The van der Waals surface area contributed by atoms with Crippen molar-refractivity contribution in [3.63, 3.8) is 0 Å². The van der Waals surface area contributed by atoms with E-state index in [0.29, 0.717) is 6.61 Å². The second kappa shape index (κ2) is 6.68. The SMILES string of the molecule is CNCc1cc(Br)ccc1OCc1ncccc1C. The summed E-state index contributed by atoms with van der Waals surface area (Å²) < 4.78 is 6.94. The lowest BCUT2D eigenvalue weighted by Gasteiger charge is -2.12. The first-order chi connectivity index (χ1) is 9.20. The van der Waals surface area contributed by atoms with Crippen molar-refractivity contribution < 1.29 is 4.74 Å². The molecular formula is C15H17BrN2O. The Balaban J connectivity index is 2.13. The van der Waals surface area contributed by atoms with Crippen LogP contribution in [0.2, 0.25) is 0 Å². The molecule has 1 heterocycles. The van der Waals surface area contributed by atoms with Crippen molar-refractivity contribution >= 4 is 15.9 Å². The van der Waals surface area contributed by atoms with Crippen LogP contribution in [0.5, 0.6) is 5.75 Å². The number of ether oxygens (including phenoxy) is 1. The van der Waals surface area contributed by atoms with Gasteiger partial charge in [-0.2, -0.15) is 0 Å². The molecule has 0 saturated heterocycles.